The highest BCUT2D eigenvalue weighted by Gasteiger charge is 2.20. The Labute approximate surface area is 163 Å². The molecule has 9 nitrogen and oxygen atoms in total. The van der Waals surface area contributed by atoms with Gasteiger partial charge in [-0.05, 0) is 24.3 Å². The van der Waals surface area contributed by atoms with Gasteiger partial charge in [0.05, 0.1) is 25.4 Å². The van der Waals surface area contributed by atoms with E-state index < -0.39 is 11.9 Å². The second kappa shape index (κ2) is 7.97. The topological polar surface area (TPSA) is 119 Å². The Bertz CT molecular complexity index is 1120. The van der Waals surface area contributed by atoms with Crippen LogP contribution in [0, 0.1) is 0 Å². The zero-order valence-corrected chi connectivity index (χ0v) is 15.6. The molecule has 2 aliphatic heterocycles. The minimum absolute atomic E-state index is 0.0856. The highest BCUT2D eigenvalue weighted by Crippen LogP contribution is 2.24. The number of nitrogens with one attached hydrogen (secondary N) is 1. The van der Waals surface area contributed by atoms with Crippen molar-refractivity contribution in [3.63, 3.8) is 0 Å². The lowest BCUT2D eigenvalue weighted by Gasteiger charge is -2.08. The fraction of sp³-hybridized carbons (Fsp3) is 0.111. The third-order valence-corrected chi connectivity index (χ3v) is 4.06. The number of H-pyrrole nitrogens is 1. The number of pyridine rings is 2. The fourth-order valence-corrected chi connectivity index (χ4v) is 2.79. The number of aromatic amines is 1. The molecule has 0 spiro atoms. The maximum Gasteiger partial charge on any atom is 0.358 e. The van der Waals surface area contributed by atoms with Crippen molar-refractivity contribution in [3.8, 4) is 11.3 Å². The van der Waals surface area contributed by atoms with Gasteiger partial charge in [0.2, 0.25) is 0 Å². The summed E-state index contributed by atoms with van der Waals surface area (Å²) in [6.45, 7) is 0. The van der Waals surface area contributed by atoms with Crippen LogP contribution in [0.25, 0.3) is 22.2 Å². The molecule has 2 aliphatic rings. The smallest absolute Gasteiger partial charge is 0.358 e. The molecule has 0 aliphatic carbocycles. The SMILES string of the molecule is COC(=O)c1c2ccnc-2ccn1O.COC(=O)c1nc(Cl)cc2[nH]ccc12. The number of rotatable bonds is 2. The van der Waals surface area contributed by atoms with Gasteiger partial charge in [-0.25, -0.2) is 14.6 Å². The summed E-state index contributed by atoms with van der Waals surface area (Å²) in [4.78, 5) is 33.5. The average Bonchev–Trinajstić information content (AvgIpc) is 3.35. The van der Waals surface area contributed by atoms with Gasteiger partial charge in [-0.2, -0.15) is 4.73 Å². The van der Waals surface area contributed by atoms with Crippen molar-refractivity contribution in [3.05, 3.63) is 59.4 Å². The average molecular weight is 403 g/mol. The molecule has 0 amide bonds. The van der Waals surface area contributed by atoms with E-state index in [1.54, 1.807) is 36.7 Å². The van der Waals surface area contributed by atoms with Gasteiger partial charge in [-0.15, -0.1) is 0 Å². The van der Waals surface area contributed by atoms with Gasteiger partial charge < -0.3 is 19.7 Å². The molecule has 0 saturated carbocycles. The monoisotopic (exact) mass is 402 g/mol. The van der Waals surface area contributed by atoms with Crippen LogP contribution in [0.3, 0.4) is 0 Å². The number of ether oxygens (including phenoxy) is 2. The van der Waals surface area contributed by atoms with E-state index in [0.29, 0.717) is 16.6 Å². The molecule has 28 heavy (non-hydrogen) atoms. The summed E-state index contributed by atoms with van der Waals surface area (Å²) >= 11 is 5.74. The van der Waals surface area contributed by atoms with E-state index in [9.17, 15) is 14.8 Å². The molecule has 4 rings (SSSR count). The summed E-state index contributed by atoms with van der Waals surface area (Å²) in [5.41, 5.74) is 2.31. The van der Waals surface area contributed by atoms with E-state index in [1.165, 1.54) is 20.4 Å². The van der Waals surface area contributed by atoms with Crippen LogP contribution in [0.2, 0.25) is 5.15 Å². The molecule has 10 heteroatoms. The van der Waals surface area contributed by atoms with Crippen LogP contribution in [0.15, 0.2) is 42.9 Å². The highest BCUT2D eigenvalue weighted by molar-refractivity contribution is 6.30. The molecule has 0 bridgehead atoms. The Kier molecular flexibility index (Phi) is 5.46. The van der Waals surface area contributed by atoms with Gasteiger partial charge in [0.15, 0.2) is 11.4 Å². The lowest BCUT2D eigenvalue weighted by molar-refractivity contribution is 0.0545. The Hall–Kier alpha value is -3.59. The summed E-state index contributed by atoms with van der Waals surface area (Å²) in [7, 11) is 2.57. The summed E-state index contributed by atoms with van der Waals surface area (Å²) in [5, 5.41) is 10.4. The molecule has 0 fully saturated rings. The van der Waals surface area contributed by atoms with Crippen molar-refractivity contribution >= 4 is 34.4 Å². The van der Waals surface area contributed by atoms with Crippen molar-refractivity contribution < 1.29 is 24.3 Å². The predicted octanol–water partition coefficient (Wildman–Crippen LogP) is 3.01. The molecule has 0 saturated heterocycles. The maximum absolute atomic E-state index is 11.3. The first-order chi connectivity index (χ1) is 13.5. The van der Waals surface area contributed by atoms with Crippen molar-refractivity contribution in [1.82, 2.24) is 19.7 Å². The number of esters is 2. The van der Waals surface area contributed by atoms with Crippen LogP contribution in [-0.4, -0.2) is 51.0 Å². The summed E-state index contributed by atoms with van der Waals surface area (Å²) in [6, 6.07) is 6.67. The van der Waals surface area contributed by atoms with E-state index in [-0.39, 0.29) is 16.5 Å². The first-order valence-corrected chi connectivity index (χ1v) is 8.29. The van der Waals surface area contributed by atoms with Crippen LogP contribution in [0.4, 0.5) is 0 Å². The second-order valence-corrected chi connectivity index (χ2v) is 5.86. The zero-order chi connectivity index (χ0) is 20.3. The Morgan fingerprint density at radius 3 is 2.64 bits per heavy atom. The molecule has 0 unspecified atom stereocenters. The largest absolute Gasteiger partial charge is 0.464 e. The van der Waals surface area contributed by atoms with Crippen LogP contribution < -0.4 is 0 Å². The summed E-state index contributed by atoms with van der Waals surface area (Å²) in [6.07, 6.45) is 4.63. The lowest BCUT2D eigenvalue weighted by atomic mass is 10.1. The molecular formula is C18H15ClN4O5. The molecule has 0 aromatic carbocycles. The van der Waals surface area contributed by atoms with Crippen molar-refractivity contribution in [2.75, 3.05) is 14.2 Å². The van der Waals surface area contributed by atoms with Gasteiger partial charge in [0.1, 0.15) is 5.15 Å². The Morgan fingerprint density at radius 2 is 1.93 bits per heavy atom. The Morgan fingerprint density at radius 1 is 1.18 bits per heavy atom. The highest BCUT2D eigenvalue weighted by atomic mass is 35.5. The summed E-state index contributed by atoms with van der Waals surface area (Å²) in [5.74, 6) is -1.08. The van der Waals surface area contributed by atoms with Gasteiger partial charge >= 0.3 is 11.9 Å². The van der Waals surface area contributed by atoms with Crippen LogP contribution >= 0.6 is 11.6 Å². The van der Waals surface area contributed by atoms with Crippen LogP contribution in [0.5, 0.6) is 0 Å². The van der Waals surface area contributed by atoms with E-state index in [0.717, 1.165) is 10.2 Å². The number of hydrogen-bond acceptors (Lipinski definition) is 7. The number of halogens is 1. The number of carbonyl (C=O) groups excluding carboxylic acids is 2. The van der Waals surface area contributed by atoms with Crippen molar-refractivity contribution in [2.45, 2.75) is 0 Å². The zero-order valence-electron chi connectivity index (χ0n) is 14.8. The molecule has 2 aromatic heterocycles. The molecule has 0 radical (unpaired) electrons. The first kappa shape index (κ1) is 19.2. The van der Waals surface area contributed by atoms with Gasteiger partial charge in [0.25, 0.3) is 0 Å². The van der Waals surface area contributed by atoms with Gasteiger partial charge in [-0.1, -0.05) is 11.6 Å². The summed E-state index contributed by atoms with van der Waals surface area (Å²) < 4.78 is 9.87. The number of aromatic nitrogens is 4. The number of hydrogen-bond donors (Lipinski definition) is 2. The molecule has 4 heterocycles. The normalized spacial score (nSPS) is 10.4. The minimum atomic E-state index is -0.592. The number of fused-ring (bicyclic) bond motifs is 2. The van der Waals surface area contributed by atoms with Gasteiger partial charge in [0, 0.05) is 29.5 Å². The van der Waals surface area contributed by atoms with E-state index in [1.807, 2.05) is 0 Å². The van der Waals surface area contributed by atoms with E-state index in [2.05, 4.69) is 24.4 Å². The number of methoxy groups -OCH3 is 2. The molecule has 2 N–H and O–H groups in total. The maximum atomic E-state index is 11.3. The van der Waals surface area contributed by atoms with Crippen molar-refractivity contribution in [1.29, 1.82) is 0 Å². The first-order valence-electron chi connectivity index (χ1n) is 7.91. The number of nitrogens with zero attached hydrogens (tertiary/aromatic N) is 3. The van der Waals surface area contributed by atoms with E-state index >= 15 is 0 Å². The fourth-order valence-electron chi connectivity index (χ4n) is 2.60. The van der Waals surface area contributed by atoms with Gasteiger partial charge in [-0.3, -0.25) is 4.98 Å². The Balaban J connectivity index is 0.000000161. The van der Waals surface area contributed by atoms with Crippen LogP contribution in [-0.2, 0) is 9.47 Å². The third-order valence-electron chi connectivity index (χ3n) is 3.86. The molecular weight excluding hydrogens is 388 g/mol. The number of carbonyl (C=O) groups is 2. The minimum Gasteiger partial charge on any atom is -0.464 e. The molecule has 2 aromatic rings. The predicted molar refractivity (Wildman–Crippen MR) is 99.8 cm³/mol. The molecule has 144 valence electrons. The molecule has 0 atom stereocenters. The quantitative estimate of drug-likeness (QED) is 0.300. The standard InChI is InChI=1S/C9H7ClN2O2.C9H8N2O3/c1-14-9(13)8-5-2-3-11-6(5)4-7(10)12-8;1-14-9(12)8-6-2-4-10-7(6)3-5-11(8)13/h2-4,11H,1H3;2-5,13H,1H3. The van der Waals surface area contributed by atoms with Crippen LogP contribution in [0.1, 0.15) is 21.0 Å². The van der Waals surface area contributed by atoms with Crippen molar-refractivity contribution in [2.24, 2.45) is 0 Å². The third kappa shape index (κ3) is 3.60. The van der Waals surface area contributed by atoms with E-state index in [4.69, 9.17) is 11.6 Å². The second-order valence-electron chi connectivity index (χ2n) is 5.47. The lowest BCUT2D eigenvalue weighted by Crippen LogP contribution is -2.13.